The van der Waals surface area contributed by atoms with Crippen LogP contribution in [0.15, 0.2) is 35.1 Å². The predicted octanol–water partition coefficient (Wildman–Crippen LogP) is 0.244. The number of carbonyl (C=O) groups excluding carboxylic acids is 2. The monoisotopic (exact) mass is 330 g/mol. The lowest BCUT2D eigenvalue weighted by molar-refractivity contribution is -0.127. The van der Waals surface area contributed by atoms with Gasteiger partial charge in [-0.05, 0) is 17.5 Å². The molecule has 2 aromatic rings. The van der Waals surface area contributed by atoms with E-state index in [1.165, 1.54) is 6.07 Å². The standard InChI is InChI=1S/C17H22N4O3/c1-10(2)16(18)17(24)20-9-15(23)19-8-11-7-14(22)21-13-6-4-3-5-12(11)13/h3-7,10,16H,8-9,18H2,1-2H3,(H,19,23)(H,20,24)(H,21,22)/t16-/m0/s1. The molecule has 0 fully saturated rings. The third kappa shape index (κ3) is 4.42. The van der Waals surface area contributed by atoms with E-state index in [4.69, 9.17) is 5.73 Å². The Labute approximate surface area is 139 Å². The third-order valence-electron chi connectivity index (χ3n) is 3.76. The molecule has 1 aromatic carbocycles. The Bertz CT molecular complexity index is 798. The Morgan fingerprint density at radius 2 is 1.92 bits per heavy atom. The van der Waals surface area contributed by atoms with Crippen LogP contribution < -0.4 is 21.9 Å². The van der Waals surface area contributed by atoms with E-state index in [9.17, 15) is 14.4 Å². The van der Waals surface area contributed by atoms with E-state index in [1.807, 2.05) is 32.0 Å². The number of rotatable bonds is 6. The molecular weight excluding hydrogens is 308 g/mol. The zero-order valence-corrected chi connectivity index (χ0v) is 13.8. The third-order valence-corrected chi connectivity index (χ3v) is 3.76. The fourth-order valence-electron chi connectivity index (χ4n) is 2.27. The van der Waals surface area contributed by atoms with Crippen LogP contribution in [0.4, 0.5) is 0 Å². The first-order chi connectivity index (χ1) is 11.4. The summed E-state index contributed by atoms with van der Waals surface area (Å²) in [5.74, 6) is -0.708. The number of fused-ring (bicyclic) bond motifs is 1. The summed E-state index contributed by atoms with van der Waals surface area (Å²) in [6, 6.07) is 8.17. The van der Waals surface area contributed by atoms with E-state index in [2.05, 4.69) is 15.6 Å². The first-order valence-corrected chi connectivity index (χ1v) is 7.79. The molecule has 1 aromatic heterocycles. The van der Waals surface area contributed by atoms with Gasteiger partial charge < -0.3 is 21.4 Å². The largest absolute Gasteiger partial charge is 0.350 e. The minimum Gasteiger partial charge on any atom is -0.350 e. The summed E-state index contributed by atoms with van der Waals surface area (Å²) in [7, 11) is 0. The summed E-state index contributed by atoms with van der Waals surface area (Å²) in [5.41, 5.74) is 6.91. The van der Waals surface area contributed by atoms with Crippen LogP contribution in [0, 0.1) is 5.92 Å². The lowest BCUT2D eigenvalue weighted by Crippen LogP contribution is -2.47. The van der Waals surface area contributed by atoms with Gasteiger partial charge >= 0.3 is 0 Å². The molecule has 0 bridgehead atoms. The van der Waals surface area contributed by atoms with Crippen molar-refractivity contribution in [3.05, 3.63) is 46.2 Å². The van der Waals surface area contributed by atoms with E-state index in [1.54, 1.807) is 6.07 Å². The lowest BCUT2D eigenvalue weighted by atomic mass is 10.1. The quantitative estimate of drug-likeness (QED) is 0.607. The number of aromatic amines is 1. The second kappa shape index (κ2) is 7.74. The van der Waals surface area contributed by atoms with Gasteiger partial charge in [-0.3, -0.25) is 14.4 Å². The number of aromatic nitrogens is 1. The Balaban J connectivity index is 1.95. The summed E-state index contributed by atoms with van der Waals surface area (Å²) >= 11 is 0. The molecule has 0 aliphatic carbocycles. The Morgan fingerprint density at radius 1 is 1.21 bits per heavy atom. The fourth-order valence-corrected chi connectivity index (χ4v) is 2.27. The second-order valence-electron chi connectivity index (χ2n) is 5.97. The van der Waals surface area contributed by atoms with E-state index in [0.29, 0.717) is 11.1 Å². The molecule has 5 N–H and O–H groups in total. The highest BCUT2D eigenvalue weighted by Gasteiger charge is 2.17. The van der Waals surface area contributed by atoms with Crippen molar-refractivity contribution >= 4 is 22.7 Å². The van der Waals surface area contributed by atoms with Crippen LogP contribution in [-0.4, -0.2) is 29.4 Å². The zero-order valence-electron chi connectivity index (χ0n) is 13.8. The van der Waals surface area contributed by atoms with Crippen molar-refractivity contribution in [3.8, 4) is 0 Å². The molecule has 7 heteroatoms. The molecule has 0 aliphatic rings. The number of amides is 2. The second-order valence-corrected chi connectivity index (χ2v) is 5.97. The molecule has 128 valence electrons. The summed E-state index contributed by atoms with van der Waals surface area (Å²) < 4.78 is 0. The molecule has 0 spiro atoms. The first kappa shape index (κ1) is 17.7. The van der Waals surface area contributed by atoms with Crippen molar-refractivity contribution in [2.45, 2.75) is 26.4 Å². The molecule has 0 saturated carbocycles. The van der Waals surface area contributed by atoms with Gasteiger partial charge in [-0.1, -0.05) is 32.0 Å². The number of nitrogens with two attached hydrogens (primary N) is 1. The van der Waals surface area contributed by atoms with Crippen LogP contribution in [0.5, 0.6) is 0 Å². The van der Waals surface area contributed by atoms with Gasteiger partial charge in [-0.15, -0.1) is 0 Å². The van der Waals surface area contributed by atoms with Gasteiger partial charge in [0.25, 0.3) is 0 Å². The normalized spacial score (nSPS) is 12.2. The predicted molar refractivity (Wildman–Crippen MR) is 92.2 cm³/mol. The number of para-hydroxylation sites is 1. The van der Waals surface area contributed by atoms with Crippen LogP contribution in [0.1, 0.15) is 19.4 Å². The summed E-state index contributed by atoms with van der Waals surface area (Å²) in [4.78, 5) is 38.0. The molecule has 7 nitrogen and oxygen atoms in total. The van der Waals surface area contributed by atoms with Crippen molar-refractivity contribution in [1.82, 2.24) is 15.6 Å². The SMILES string of the molecule is CC(C)[C@H](N)C(=O)NCC(=O)NCc1cc(=O)[nH]c2ccccc12. The molecule has 0 saturated heterocycles. The molecule has 24 heavy (non-hydrogen) atoms. The number of hydrogen-bond donors (Lipinski definition) is 4. The van der Waals surface area contributed by atoms with Crippen molar-refractivity contribution in [2.24, 2.45) is 11.7 Å². The van der Waals surface area contributed by atoms with Gasteiger partial charge in [0, 0.05) is 23.5 Å². The molecule has 0 unspecified atom stereocenters. The number of H-pyrrole nitrogens is 1. The lowest BCUT2D eigenvalue weighted by Gasteiger charge is -2.15. The van der Waals surface area contributed by atoms with Crippen LogP contribution in [0.3, 0.4) is 0 Å². The number of carbonyl (C=O) groups is 2. The van der Waals surface area contributed by atoms with Gasteiger partial charge in [-0.2, -0.15) is 0 Å². The van der Waals surface area contributed by atoms with Gasteiger partial charge in [0.05, 0.1) is 12.6 Å². The van der Waals surface area contributed by atoms with Crippen molar-refractivity contribution in [1.29, 1.82) is 0 Å². The molecular formula is C17H22N4O3. The van der Waals surface area contributed by atoms with Gasteiger partial charge in [0.1, 0.15) is 0 Å². The number of nitrogens with one attached hydrogen (secondary N) is 3. The molecule has 1 heterocycles. The van der Waals surface area contributed by atoms with E-state index < -0.39 is 6.04 Å². The highest BCUT2D eigenvalue weighted by Crippen LogP contribution is 2.13. The van der Waals surface area contributed by atoms with Crippen LogP contribution in [0.25, 0.3) is 10.9 Å². The summed E-state index contributed by atoms with van der Waals surface area (Å²) in [5, 5.41) is 6.06. The molecule has 1 atom stereocenters. The fraction of sp³-hybridized carbons (Fsp3) is 0.353. The maximum Gasteiger partial charge on any atom is 0.248 e. The highest BCUT2D eigenvalue weighted by molar-refractivity contribution is 5.88. The van der Waals surface area contributed by atoms with Crippen molar-refractivity contribution in [3.63, 3.8) is 0 Å². The van der Waals surface area contributed by atoms with Crippen molar-refractivity contribution < 1.29 is 9.59 Å². The molecule has 2 amide bonds. The maximum absolute atomic E-state index is 11.9. The van der Waals surface area contributed by atoms with Gasteiger partial charge in [-0.25, -0.2) is 0 Å². The van der Waals surface area contributed by atoms with E-state index in [0.717, 1.165) is 5.39 Å². The maximum atomic E-state index is 11.9. The Morgan fingerprint density at radius 3 is 2.62 bits per heavy atom. The van der Waals surface area contributed by atoms with E-state index in [-0.39, 0.29) is 36.4 Å². The number of pyridine rings is 1. The van der Waals surface area contributed by atoms with Crippen LogP contribution in [-0.2, 0) is 16.1 Å². The smallest absolute Gasteiger partial charge is 0.248 e. The Kier molecular flexibility index (Phi) is 5.70. The van der Waals surface area contributed by atoms with Gasteiger partial charge in [0.15, 0.2) is 0 Å². The van der Waals surface area contributed by atoms with E-state index >= 15 is 0 Å². The molecule has 2 rings (SSSR count). The zero-order chi connectivity index (χ0) is 17.7. The van der Waals surface area contributed by atoms with Crippen LogP contribution >= 0.6 is 0 Å². The topological polar surface area (TPSA) is 117 Å². The first-order valence-electron chi connectivity index (χ1n) is 7.79. The average molecular weight is 330 g/mol. The minimum absolute atomic E-state index is 0.00419. The van der Waals surface area contributed by atoms with Gasteiger partial charge in [0.2, 0.25) is 17.4 Å². The number of hydrogen-bond acceptors (Lipinski definition) is 4. The number of benzene rings is 1. The Hall–Kier alpha value is -2.67. The van der Waals surface area contributed by atoms with Crippen molar-refractivity contribution in [2.75, 3.05) is 6.54 Å². The molecule has 0 radical (unpaired) electrons. The highest BCUT2D eigenvalue weighted by atomic mass is 16.2. The molecule has 0 aliphatic heterocycles. The average Bonchev–Trinajstić information content (AvgIpc) is 2.56. The summed E-state index contributed by atoms with van der Waals surface area (Å²) in [6.45, 7) is 3.72. The van der Waals surface area contributed by atoms with Crippen LogP contribution in [0.2, 0.25) is 0 Å². The minimum atomic E-state index is -0.644. The summed E-state index contributed by atoms with van der Waals surface area (Å²) in [6.07, 6.45) is 0.